The van der Waals surface area contributed by atoms with E-state index in [0.717, 1.165) is 19.3 Å². The number of amides is 1. The number of pyridine rings is 1. The first kappa shape index (κ1) is 12.8. The molecular formula is C13H18N2O3. The standard InChI is InChI=1S/C13H18N2O3/c1-18-7-5-13(3-4-13)9-15-12(17)10-8-14-6-2-11(10)16/h2,6,8H,3-5,7,9H2,1H3,(H,14,16)(H,15,17). The molecule has 2 rings (SSSR count). The Balaban J connectivity index is 1.89. The molecule has 1 aliphatic rings. The molecule has 1 saturated carbocycles. The van der Waals surface area contributed by atoms with Gasteiger partial charge in [-0.25, -0.2) is 0 Å². The SMILES string of the molecule is COCCC1(CNC(=O)c2c[nH]ccc2=O)CC1. The van der Waals surface area contributed by atoms with E-state index in [1.54, 1.807) is 7.11 Å². The van der Waals surface area contributed by atoms with Crippen molar-refractivity contribution in [3.63, 3.8) is 0 Å². The van der Waals surface area contributed by atoms with E-state index in [9.17, 15) is 9.59 Å². The average molecular weight is 250 g/mol. The predicted molar refractivity (Wildman–Crippen MR) is 67.6 cm³/mol. The van der Waals surface area contributed by atoms with E-state index in [1.807, 2.05) is 0 Å². The summed E-state index contributed by atoms with van der Waals surface area (Å²) in [6, 6.07) is 1.35. The van der Waals surface area contributed by atoms with Gasteiger partial charge in [0.05, 0.1) is 0 Å². The first-order chi connectivity index (χ1) is 8.67. The van der Waals surface area contributed by atoms with Gasteiger partial charge >= 0.3 is 0 Å². The summed E-state index contributed by atoms with van der Waals surface area (Å²) >= 11 is 0. The Kier molecular flexibility index (Phi) is 3.81. The van der Waals surface area contributed by atoms with Crippen molar-refractivity contribution in [1.82, 2.24) is 10.3 Å². The molecule has 0 unspecified atom stereocenters. The van der Waals surface area contributed by atoms with Crippen molar-refractivity contribution < 1.29 is 9.53 Å². The van der Waals surface area contributed by atoms with Gasteiger partial charge in [-0.15, -0.1) is 0 Å². The fourth-order valence-corrected chi connectivity index (χ4v) is 1.97. The zero-order chi connectivity index (χ0) is 13.0. The number of nitrogens with one attached hydrogen (secondary N) is 2. The molecule has 0 saturated heterocycles. The topological polar surface area (TPSA) is 71.2 Å². The summed E-state index contributed by atoms with van der Waals surface area (Å²) in [5.74, 6) is -0.305. The van der Waals surface area contributed by atoms with Crippen molar-refractivity contribution in [2.75, 3.05) is 20.3 Å². The molecule has 0 bridgehead atoms. The number of methoxy groups -OCH3 is 1. The lowest BCUT2D eigenvalue weighted by atomic mass is 10.0. The van der Waals surface area contributed by atoms with Crippen LogP contribution in [0.4, 0.5) is 0 Å². The molecule has 0 spiro atoms. The third-order valence-corrected chi connectivity index (χ3v) is 3.49. The molecule has 1 fully saturated rings. The molecule has 5 nitrogen and oxygen atoms in total. The lowest BCUT2D eigenvalue weighted by Crippen LogP contribution is -2.33. The minimum absolute atomic E-state index is 0.167. The molecule has 0 atom stereocenters. The molecule has 5 heteroatoms. The van der Waals surface area contributed by atoms with Crippen molar-refractivity contribution in [2.45, 2.75) is 19.3 Å². The number of carbonyl (C=O) groups is 1. The van der Waals surface area contributed by atoms with E-state index in [0.29, 0.717) is 13.2 Å². The third-order valence-electron chi connectivity index (χ3n) is 3.49. The van der Waals surface area contributed by atoms with Gasteiger partial charge in [-0.1, -0.05) is 0 Å². The largest absolute Gasteiger partial charge is 0.385 e. The number of H-pyrrole nitrogens is 1. The van der Waals surface area contributed by atoms with Crippen LogP contribution in [0.3, 0.4) is 0 Å². The van der Waals surface area contributed by atoms with Crippen LogP contribution in [0.25, 0.3) is 0 Å². The quantitative estimate of drug-likeness (QED) is 0.788. The molecule has 1 amide bonds. The van der Waals surface area contributed by atoms with Crippen molar-refractivity contribution in [2.24, 2.45) is 5.41 Å². The molecule has 18 heavy (non-hydrogen) atoms. The second-order valence-electron chi connectivity index (χ2n) is 4.85. The van der Waals surface area contributed by atoms with E-state index in [4.69, 9.17) is 4.74 Å². The highest BCUT2D eigenvalue weighted by Crippen LogP contribution is 2.48. The molecule has 0 aliphatic heterocycles. The molecule has 1 aromatic heterocycles. The second-order valence-corrected chi connectivity index (χ2v) is 4.85. The summed E-state index contributed by atoms with van der Waals surface area (Å²) in [6.07, 6.45) is 6.13. The Labute approximate surface area is 106 Å². The first-order valence-corrected chi connectivity index (χ1v) is 6.11. The summed E-state index contributed by atoms with van der Waals surface area (Å²) in [5, 5.41) is 2.84. The van der Waals surface area contributed by atoms with Gasteiger partial charge in [0.2, 0.25) is 0 Å². The highest BCUT2D eigenvalue weighted by Gasteiger charge is 2.42. The zero-order valence-electron chi connectivity index (χ0n) is 10.5. The van der Waals surface area contributed by atoms with Crippen molar-refractivity contribution >= 4 is 5.91 Å². The highest BCUT2D eigenvalue weighted by atomic mass is 16.5. The molecule has 1 aromatic rings. The summed E-state index contributed by atoms with van der Waals surface area (Å²) in [7, 11) is 1.68. The Hall–Kier alpha value is -1.62. The van der Waals surface area contributed by atoms with Crippen LogP contribution in [-0.4, -0.2) is 31.2 Å². The number of aromatic amines is 1. The minimum atomic E-state index is -0.305. The van der Waals surface area contributed by atoms with Crippen LogP contribution in [0, 0.1) is 5.41 Å². The van der Waals surface area contributed by atoms with Crippen LogP contribution in [0.5, 0.6) is 0 Å². The zero-order valence-corrected chi connectivity index (χ0v) is 10.5. The van der Waals surface area contributed by atoms with Crippen LogP contribution >= 0.6 is 0 Å². The molecule has 98 valence electrons. The fraction of sp³-hybridized carbons (Fsp3) is 0.538. The van der Waals surface area contributed by atoms with Gasteiger partial charge in [-0.3, -0.25) is 9.59 Å². The van der Waals surface area contributed by atoms with E-state index in [2.05, 4.69) is 10.3 Å². The minimum Gasteiger partial charge on any atom is -0.385 e. The van der Waals surface area contributed by atoms with Gasteiger partial charge in [-0.05, 0) is 24.7 Å². The maximum atomic E-state index is 11.9. The van der Waals surface area contributed by atoms with Crippen LogP contribution in [0.1, 0.15) is 29.6 Å². The molecule has 0 aromatic carbocycles. The highest BCUT2D eigenvalue weighted by molar-refractivity contribution is 5.93. The number of aromatic nitrogens is 1. The van der Waals surface area contributed by atoms with Gasteiger partial charge in [0.25, 0.3) is 5.91 Å². The van der Waals surface area contributed by atoms with Gasteiger partial charge in [0, 0.05) is 38.7 Å². The Morgan fingerprint density at radius 1 is 1.56 bits per heavy atom. The Morgan fingerprint density at radius 2 is 2.33 bits per heavy atom. The monoisotopic (exact) mass is 250 g/mol. The number of rotatable bonds is 6. The number of carbonyl (C=O) groups excluding carboxylic acids is 1. The average Bonchev–Trinajstić information content (AvgIpc) is 3.15. The Morgan fingerprint density at radius 3 is 2.94 bits per heavy atom. The summed E-state index contributed by atoms with van der Waals surface area (Å²) in [5.41, 5.74) is 0.0979. The maximum absolute atomic E-state index is 11.9. The van der Waals surface area contributed by atoms with Crippen LogP contribution in [-0.2, 0) is 4.74 Å². The van der Waals surface area contributed by atoms with E-state index in [-0.39, 0.29) is 22.3 Å². The summed E-state index contributed by atoms with van der Waals surface area (Å²) in [6.45, 7) is 1.32. The molecule has 1 heterocycles. The van der Waals surface area contributed by atoms with E-state index in [1.165, 1.54) is 18.5 Å². The number of ether oxygens (including phenoxy) is 1. The smallest absolute Gasteiger partial charge is 0.256 e. The first-order valence-electron chi connectivity index (χ1n) is 6.11. The van der Waals surface area contributed by atoms with Crippen LogP contribution < -0.4 is 10.7 Å². The molecule has 1 aliphatic carbocycles. The van der Waals surface area contributed by atoms with Crippen LogP contribution in [0.2, 0.25) is 0 Å². The van der Waals surface area contributed by atoms with Gasteiger partial charge in [0.1, 0.15) is 5.56 Å². The lowest BCUT2D eigenvalue weighted by Gasteiger charge is -2.15. The van der Waals surface area contributed by atoms with Gasteiger partial charge < -0.3 is 15.0 Å². The van der Waals surface area contributed by atoms with Crippen molar-refractivity contribution in [3.8, 4) is 0 Å². The van der Waals surface area contributed by atoms with Gasteiger partial charge in [-0.2, -0.15) is 0 Å². The van der Waals surface area contributed by atoms with Crippen molar-refractivity contribution in [3.05, 3.63) is 34.2 Å². The summed E-state index contributed by atoms with van der Waals surface area (Å²) < 4.78 is 5.06. The number of hydrogen-bond donors (Lipinski definition) is 2. The van der Waals surface area contributed by atoms with Crippen LogP contribution in [0.15, 0.2) is 23.3 Å². The van der Waals surface area contributed by atoms with E-state index < -0.39 is 0 Å². The third kappa shape index (κ3) is 2.98. The second kappa shape index (κ2) is 5.35. The fourth-order valence-electron chi connectivity index (χ4n) is 1.97. The predicted octanol–water partition coefficient (Wildman–Crippen LogP) is 0.921. The van der Waals surface area contributed by atoms with E-state index >= 15 is 0 Å². The Bertz CT molecular complexity index is 477. The normalized spacial score (nSPS) is 16.3. The summed E-state index contributed by atoms with van der Waals surface area (Å²) in [4.78, 5) is 26.1. The molecular weight excluding hydrogens is 232 g/mol. The van der Waals surface area contributed by atoms with Gasteiger partial charge in [0.15, 0.2) is 5.43 Å². The van der Waals surface area contributed by atoms with Crippen molar-refractivity contribution in [1.29, 1.82) is 0 Å². The molecule has 0 radical (unpaired) electrons. The molecule has 2 N–H and O–H groups in total. The maximum Gasteiger partial charge on any atom is 0.256 e. The number of hydrogen-bond acceptors (Lipinski definition) is 3. The lowest BCUT2D eigenvalue weighted by molar-refractivity contribution is 0.0936.